The van der Waals surface area contributed by atoms with Gasteiger partial charge in [-0.3, -0.25) is 4.99 Å². The van der Waals surface area contributed by atoms with Crippen LogP contribution in [-0.2, 0) is 13.0 Å². The number of aryl methyl sites for hydroxylation is 1. The minimum absolute atomic E-state index is 0. The van der Waals surface area contributed by atoms with Gasteiger partial charge in [-0.05, 0) is 42.7 Å². The molecule has 0 amide bonds. The fraction of sp³-hybridized carbons (Fsp3) is 0.250. The molecular formula is C20H24ClIN6. The molecule has 3 rings (SSSR count). The van der Waals surface area contributed by atoms with Gasteiger partial charge >= 0.3 is 0 Å². The minimum Gasteiger partial charge on any atom is -0.356 e. The summed E-state index contributed by atoms with van der Waals surface area (Å²) in [5.41, 5.74) is 4.32. The average molecular weight is 511 g/mol. The first-order valence-corrected chi connectivity index (χ1v) is 9.19. The molecule has 28 heavy (non-hydrogen) atoms. The maximum atomic E-state index is 5.81. The lowest BCUT2D eigenvalue weighted by Crippen LogP contribution is -2.38. The maximum absolute atomic E-state index is 5.81. The number of hydrogen-bond acceptors (Lipinski definition) is 3. The normalized spacial score (nSPS) is 11.0. The summed E-state index contributed by atoms with van der Waals surface area (Å²) in [4.78, 5) is 8.39. The lowest BCUT2D eigenvalue weighted by atomic mass is 10.2. The highest BCUT2D eigenvalue weighted by atomic mass is 127. The van der Waals surface area contributed by atoms with Crippen molar-refractivity contribution in [1.29, 1.82) is 0 Å². The molecule has 0 atom stereocenters. The fourth-order valence-corrected chi connectivity index (χ4v) is 2.82. The van der Waals surface area contributed by atoms with Crippen molar-refractivity contribution < 1.29 is 0 Å². The molecule has 2 N–H and O–H groups in total. The fourth-order valence-electron chi connectivity index (χ4n) is 2.71. The monoisotopic (exact) mass is 510 g/mol. The predicted octanol–water partition coefficient (Wildman–Crippen LogP) is 3.75. The molecule has 8 heteroatoms. The van der Waals surface area contributed by atoms with E-state index in [0.29, 0.717) is 11.7 Å². The number of nitrogens with one attached hydrogen (secondary N) is 2. The van der Waals surface area contributed by atoms with Gasteiger partial charge in [-0.1, -0.05) is 35.9 Å². The maximum Gasteiger partial charge on any atom is 0.191 e. The Morgan fingerprint density at radius 2 is 1.96 bits per heavy atom. The van der Waals surface area contributed by atoms with Gasteiger partial charge in [-0.25, -0.2) is 9.67 Å². The van der Waals surface area contributed by atoms with Crippen LogP contribution in [0.5, 0.6) is 0 Å². The van der Waals surface area contributed by atoms with Gasteiger partial charge < -0.3 is 10.6 Å². The number of pyridine rings is 1. The van der Waals surface area contributed by atoms with E-state index in [-0.39, 0.29) is 24.0 Å². The molecule has 2 heterocycles. The van der Waals surface area contributed by atoms with Crippen LogP contribution in [-0.4, -0.2) is 34.3 Å². The zero-order chi connectivity index (χ0) is 19.1. The van der Waals surface area contributed by atoms with E-state index in [4.69, 9.17) is 11.6 Å². The second-order valence-electron chi connectivity index (χ2n) is 6.12. The summed E-state index contributed by atoms with van der Waals surface area (Å²) < 4.78 is 1.90. The number of para-hydroxylation sites is 1. The van der Waals surface area contributed by atoms with Crippen molar-refractivity contribution in [2.75, 3.05) is 13.6 Å². The van der Waals surface area contributed by atoms with Crippen LogP contribution >= 0.6 is 35.6 Å². The Balaban J connectivity index is 0.00000280. The molecule has 2 aromatic heterocycles. The molecular weight excluding hydrogens is 487 g/mol. The molecule has 6 nitrogen and oxygen atoms in total. The van der Waals surface area contributed by atoms with E-state index < -0.39 is 0 Å². The van der Waals surface area contributed by atoms with Crippen molar-refractivity contribution in [3.8, 4) is 5.69 Å². The Labute approximate surface area is 187 Å². The Morgan fingerprint density at radius 3 is 2.64 bits per heavy atom. The first-order valence-electron chi connectivity index (χ1n) is 8.81. The van der Waals surface area contributed by atoms with Gasteiger partial charge in [0.2, 0.25) is 0 Å². The van der Waals surface area contributed by atoms with Gasteiger partial charge in [0.1, 0.15) is 5.15 Å². The van der Waals surface area contributed by atoms with E-state index in [9.17, 15) is 0 Å². The second kappa shape index (κ2) is 11.0. The van der Waals surface area contributed by atoms with Crippen LogP contribution in [0.15, 0.2) is 59.9 Å². The van der Waals surface area contributed by atoms with Crippen molar-refractivity contribution in [2.45, 2.75) is 19.9 Å². The number of halogens is 2. The zero-order valence-corrected chi connectivity index (χ0v) is 19.0. The predicted molar refractivity (Wildman–Crippen MR) is 125 cm³/mol. The number of guanidine groups is 1. The molecule has 3 aromatic rings. The van der Waals surface area contributed by atoms with E-state index in [1.165, 1.54) is 0 Å². The Morgan fingerprint density at radius 1 is 1.14 bits per heavy atom. The smallest absolute Gasteiger partial charge is 0.191 e. The first kappa shape index (κ1) is 22.2. The summed E-state index contributed by atoms with van der Waals surface area (Å²) in [5.74, 6) is 0.753. The Hall–Kier alpha value is -2.13. The molecule has 0 aliphatic heterocycles. The van der Waals surface area contributed by atoms with Crippen molar-refractivity contribution in [3.05, 3.63) is 76.8 Å². The van der Waals surface area contributed by atoms with E-state index >= 15 is 0 Å². The van der Waals surface area contributed by atoms with Crippen LogP contribution in [0.3, 0.4) is 0 Å². The third kappa shape index (κ3) is 6.20. The average Bonchev–Trinajstić information content (AvgIpc) is 3.12. The summed E-state index contributed by atoms with van der Waals surface area (Å²) >= 11 is 5.81. The number of aliphatic imine (C=N–C) groups is 1. The molecule has 0 saturated carbocycles. The van der Waals surface area contributed by atoms with Crippen molar-refractivity contribution in [1.82, 2.24) is 25.4 Å². The summed E-state index contributed by atoms with van der Waals surface area (Å²) in [5, 5.41) is 11.7. The number of nitrogens with zero attached hydrogens (tertiary/aromatic N) is 4. The topological polar surface area (TPSA) is 67.1 Å². The highest BCUT2D eigenvalue weighted by Crippen LogP contribution is 2.14. The van der Waals surface area contributed by atoms with Crippen LogP contribution in [0.25, 0.3) is 5.69 Å². The van der Waals surface area contributed by atoms with E-state index in [1.807, 2.05) is 42.1 Å². The number of rotatable bonds is 6. The summed E-state index contributed by atoms with van der Waals surface area (Å²) in [6.45, 7) is 3.39. The zero-order valence-electron chi connectivity index (χ0n) is 15.9. The van der Waals surface area contributed by atoms with E-state index in [1.54, 1.807) is 19.3 Å². The van der Waals surface area contributed by atoms with E-state index in [0.717, 1.165) is 41.4 Å². The molecule has 0 aliphatic carbocycles. The molecule has 0 saturated heterocycles. The molecule has 0 fully saturated rings. The lowest BCUT2D eigenvalue weighted by molar-refractivity contribution is 0.780. The van der Waals surface area contributed by atoms with Gasteiger partial charge in [0, 0.05) is 32.5 Å². The van der Waals surface area contributed by atoms with Crippen LogP contribution in [0.2, 0.25) is 5.15 Å². The molecule has 0 radical (unpaired) electrons. The Bertz CT molecular complexity index is 907. The van der Waals surface area contributed by atoms with Crippen LogP contribution in [0.4, 0.5) is 0 Å². The minimum atomic E-state index is 0. The molecule has 1 aromatic carbocycles. The van der Waals surface area contributed by atoms with Gasteiger partial charge in [-0.2, -0.15) is 5.10 Å². The quantitative estimate of drug-likeness (QED) is 0.229. The summed E-state index contributed by atoms with van der Waals surface area (Å²) in [6, 6.07) is 14.0. The summed E-state index contributed by atoms with van der Waals surface area (Å²) in [7, 11) is 1.77. The lowest BCUT2D eigenvalue weighted by Gasteiger charge is -2.14. The summed E-state index contributed by atoms with van der Waals surface area (Å²) in [6.07, 6.45) is 4.61. The van der Waals surface area contributed by atoms with Gasteiger partial charge in [-0.15, -0.1) is 24.0 Å². The number of benzene rings is 1. The third-order valence-corrected chi connectivity index (χ3v) is 4.35. The molecule has 0 spiro atoms. The highest BCUT2D eigenvalue weighted by Gasteiger charge is 2.06. The third-order valence-electron chi connectivity index (χ3n) is 4.13. The SMILES string of the molecule is CN=C(NCCc1ccc(Cl)nc1)NCc1ccccc1-n1ccc(C)n1.I. The molecule has 0 unspecified atom stereocenters. The van der Waals surface area contributed by atoms with Crippen molar-refractivity contribution in [3.63, 3.8) is 0 Å². The molecule has 0 bridgehead atoms. The highest BCUT2D eigenvalue weighted by molar-refractivity contribution is 14.0. The van der Waals surface area contributed by atoms with Crippen molar-refractivity contribution >= 4 is 41.5 Å². The molecule has 0 aliphatic rings. The Kier molecular flexibility index (Phi) is 8.72. The largest absolute Gasteiger partial charge is 0.356 e. The standard InChI is InChI=1S/C20H23ClN6.HI/c1-15-10-12-27(26-15)18-6-4-3-5-17(18)14-25-20(22-2)23-11-9-16-7-8-19(21)24-13-16;/h3-8,10,12-13H,9,11,14H2,1-2H3,(H2,22,23,25);1H. The second-order valence-corrected chi connectivity index (χ2v) is 6.51. The van der Waals surface area contributed by atoms with Gasteiger partial charge in [0.25, 0.3) is 0 Å². The van der Waals surface area contributed by atoms with Gasteiger partial charge in [0.05, 0.1) is 11.4 Å². The first-order chi connectivity index (χ1) is 13.2. The number of hydrogen-bond donors (Lipinski definition) is 2. The van der Waals surface area contributed by atoms with Gasteiger partial charge in [0.15, 0.2) is 5.96 Å². The van der Waals surface area contributed by atoms with Crippen molar-refractivity contribution in [2.24, 2.45) is 4.99 Å². The van der Waals surface area contributed by atoms with E-state index in [2.05, 4.69) is 37.8 Å². The van der Waals surface area contributed by atoms with Crippen LogP contribution in [0, 0.1) is 6.92 Å². The van der Waals surface area contributed by atoms with Crippen LogP contribution in [0.1, 0.15) is 16.8 Å². The van der Waals surface area contributed by atoms with Crippen LogP contribution < -0.4 is 10.6 Å². The molecule has 148 valence electrons. The number of aromatic nitrogens is 3.